The number of benzene rings is 1. The van der Waals surface area contributed by atoms with Crippen LogP contribution in [0.15, 0.2) is 24.3 Å². The van der Waals surface area contributed by atoms with E-state index in [2.05, 4.69) is 5.32 Å². The maximum Gasteiger partial charge on any atom is 0.223 e. The first-order chi connectivity index (χ1) is 9.74. The molecule has 20 heavy (non-hydrogen) atoms. The molecule has 0 unspecified atom stereocenters. The van der Waals surface area contributed by atoms with Crippen LogP contribution in [0, 0.1) is 5.92 Å². The fraction of sp³-hybridized carbons (Fsp3) is 0.533. The predicted molar refractivity (Wildman–Crippen MR) is 84.0 cm³/mol. The lowest BCUT2D eigenvalue weighted by molar-refractivity contribution is -0.121. The van der Waals surface area contributed by atoms with Gasteiger partial charge in [-0.3, -0.25) is 4.79 Å². The van der Waals surface area contributed by atoms with Gasteiger partial charge in [0, 0.05) is 12.2 Å². The second-order valence-electron chi connectivity index (χ2n) is 5.03. The number of carbonyl (C=O) groups is 1. The molecule has 1 aliphatic heterocycles. The molecular formula is C15H22N2O2S. The normalized spacial score (nSPS) is 15.8. The average molecular weight is 294 g/mol. The third kappa shape index (κ3) is 5.33. The Bertz CT molecular complexity index is 416. The van der Waals surface area contributed by atoms with Crippen LogP contribution >= 0.6 is 11.8 Å². The zero-order chi connectivity index (χ0) is 14.2. The van der Waals surface area contributed by atoms with Crippen molar-refractivity contribution in [2.75, 3.05) is 30.4 Å². The lowest BCUT2D eigenvalue weighted by Gasteiger charge is -2.21. The first-order valence-electron chi connectivity index (χ1n) is 7.07. The van der Waals surface area contributed by atoms with Crippen molar-refractivity contribution in [3.63, 3.8) is 0 Å². The van der Waals surface area contributed by atoms with E-state index < -0.39 is 0 Å². The van der Waals surface area contributed by atoms with Crippen LogP contribution in [0.1, 0.15) is 19.3 Å². The largest absolute Gasteiger partial charge is 0.493 e. The van der Waals surface area contributed by atoms with Crippen molar-refractivity contribution in [2.45, 2.75) is 19.3 Å². The van der Waals surface area contributed by atoms with Crippen LogP contribution < -0.4 is 15.8 Å². The SMILES string of the molecule is Nc1ccc(OCCC(=O)NCC2CCSCC2)cc1. The molecular weight excluding hydrogens is 272 g/mol. The molecule has 0 saturated carbocycles. The van der Waals surface area contributed by atoms with E-state index in [1.54, 1.807) is 12.1 Å². The minimum Gasteiger partial charge on any atom is -0.493 e. The van der Waals surface area contributed by atoms with Gasteiger partial charge in [-0.2, -0.15) is 11.8 Å². The summed E-state index contributed by atoms with van der Waals surface area (Å²) in [5, 5.41) is 3.00. The summed E-state index contributed by atoms with van der Waals surface area (Å²) in [6.07, 6.45) is 2.83. The summed E-state index contributed by atoms with van der Waals surface area (Å²) in [5.74, 6) is 3.91. The van der Waals surface area contributed by atoms with E-state index in [1.165, 1.54) is 24.3 Å². The number of nitrogens with one attached hydrogen (secondary N) is 1. The summed E-state index contributed by atoms with van der Waals surface area (Å²) in [6.45, 7) is 1.21. The molecule has 2 rings (SSSR count). The van der Waals surface area contributed by atoms with Crippen LogP contribution in [-0.4, -0.2) is 30.6 Å². The Kier molecular flexibility index (Phi) is 6.05. The Hall–Kier alpha value is -1.36. The average Bonchev–Trinajstić information content (AvgIpc) is 2.48. The highest BCUT2D eigenvalue weighted by Crippen LogP contribution is 2.21. The maximum atomic E-state index is 11.7. The summed E-state index contributed by atoms with van der Waals surface area (Å²) in [7, 11) is 0. The Labute approximate surface area is 124 Å². The van der Waals surface area contributed by atoms with Gasteiger partial charge in [0.15, 0.2) is 0 Å². The van der Waals surface area contributed by atoms with Crippen molar-refractivity contribution in [1.29, 1.82) is 0 Å². The van der Waals surface area contributed by atoms with E-state index in [0.717, 1.165) is 12.3 Å². The zero-order valence-corrected chi connectivity index (χ0v) is 12.5. The summed E-state index contributed by atoms with van der Waals surface area (Å²) in [4.78, 5) is 11.7. The van der Waals surface area contributed by atoms with Gasteiger partial charge in [-0.15, -0.1) is 0 Å². The highest BCUT2D eigenvalue weighted by Gasteiger charge is 2.14. The van der Waals surface area contributed by atoms with Gasteiger partial charge >= 0.3 is 0 Å². The van der Waals surface area contributed by atoms with Gasteiger partial charge in [0.25, 0.3) is 0 Å². The highest BCUT2D eigenvalue weighted by atomic mass is 32.2. The molecule has 1 aromatic rings. The molecule has 3 N–H and O–H groups in total. The number of amides is 1. The van der Waals surface area contributed by atoms with Gasteiger partial charge in [0.1, 0.15) is 5.75 Å². The van der Waals surface area contributed by atoms with E-state index in [1.807, 2.05) is 23.9 Å². The van der Waals surface area contributed by atoms with E-state index >= 15 is 0 Å². The number of anilines is 1. The Morgan fingerprint density at radius 2 is 2.00 bits per heavy atom. The molecule has 1 amide bonds. The van der Waals surface area contributed by atoms with Gasteiger partial charge in [-0.05, 0) is 54.5 Å². The van der Waals surface area contributed by atoms with Crippen LogP contribution in [0.2, 0.25) is 0 Å². The Morgan fingerprint density at radius 3 is 2.70 bits per heavy atom. The Morgan fingerprint density at radius 1 is 1.30 bits per heavy atom. The minimum absolute atomic E-state index is 0.0682. The number of hydrogen-bond acceptors (Lipinski definition) is 4. The van der Waals surface area contributed by atoms with Crippen molar-refractivity contribution in [3.8, 4) is 5.75 Å². The van der Waals surface area contributed by atoms with Crippen LogP contribution in [0.4, 0.5) is 5.69 Å². The van der Waals surface area contributed by atoms with E-state index in [9.17, 15) is 4.79 Å². The third-order valence-corrected chi connectivity index (χ3v) is 4.46. The molecule has 4 nitrogen and oxygen atoms in total. The van der Waals surface area contributed by atoms with Crippen LogP contribution in [0.25, 0.3) is 0 Å². The Balaban J connectivity index is 1.58. The van der Waals surface area contributed by atoms with Crippen molar-refractivity contribution in [3.05, 3.63) is 24.3 Å². The number of ether oxygens (including phenoxy) is 1. The zero-order valence-electron chi connectivity index (χ0n) is 11.6. The number of nitrogen functional groups attached to an aromatic ring is 1. The second kappa shape index (κ2) is 8.04. The maximum absolute atomic E-state index is 11.7. The van der Waals surface area contributed by atoms with E-state index in [-0.39, 0.29) is 5.91 Å². The highest BCUT2D eigenvalue weighted by molar-refractivity contribution is 7.99. The number of rotatable bonds is 6. The van der Waals surface area contributed by atoms with Gasteiger partial charge in [0.05, 0.1) is 13.0 Å². The van der Waals surface area contributed by atoms with Crippen LogP contribution in [-0.2, 0) is 4.79 Å². The monoisotopic (exact) mass is 294 g/mol. The van der Waals surface area contributed by atoms with Crippen molar-refractivity contribution in [2.24, 2.45) is 5.92 Å². The molecule has 1 aliphatic rings. The molecule has 0 spiro atoms. The van der Waals surface area contributed by atoms with Crippen molar-refractivity contribution < 1.29 is 9.53 Å². The summed E-state index contributed by atoms with van der Waals surface area (Å²) in [6, 6.07) is 7.20. The quantitative estimate of drug-likeness (QED) is 0.790. The lowest BCUT2D eigenvalue weighted by Crippen LogP contribution is -2.31. The molecule has 0 bridgehead atoms. The summed E-state index contributed by atoms with van der Waals surface area (Å²) < 4.78 is 5.50. The first-order valence-corrected chi connectivity index (χ1v) is 8.22. The topological polar surface area (TPSA) is 64.3 Å². The standard InChI is InChI=1S/C15H22N2O2S/c16-13-1-3-14(4-2-13)19-8-5-15(18)17-11-12-6-9-20-10-7-12/h1-4,12H,5-11,16H2,(H,17,18). The number of nitrogens with two attached hydrogens (primary N) is 1. The molecule has 1 aromatic carbocycles. The number of carbonyl (C=O) groups excluding carboxylic acids is 1. The molecule has 5 heteroatoms. The fourth-order valence-corrected chi connectivity index (χ4v) is 3.33. The molecule has 0 atom stereocenters. The minimum atomic E-state index is 0.0682. The fourth-order valence-electron chi connectivity index (χ4n) is 2.12. The smallest absolute Gasteiger partial charge is 0.223 e. The second-order valence-corrected chi connectivity index (χ2v) is 6.25. The van der Waals surface area contributed by atoms with Crippen molar-refractivity contribution >= 4 is 23.4 Å². The van der Waals surface area contributed by atoms with Crippen LogP contribution in [0.3, 0.4) is 0 Å². The number of hydrogen-bond donors (Lipinski definition) is 2. The molecule has 1 heterocycles. The number of thioether (sulfide) groups is 1. The molecule has 0 radical (unpaired) electrons. The summed E-state index contributed by atoms with van der Waals surface area (Å²) in [5.41, 5.74) is 6.30. The molecule has 110 valence electrons. The van der Waals surface area contributed by atoms with Gasteiger partial charge < -0.3 is 15.8 Å². The lowest BCUT2D eigenvalue weighted by atomic mass is 10.0. The summed E-state index contributed by atoms with van der Waals surface area (Å²) >= 11 is 2.00. The van der Waals surface area contributed by atoms with Gasteiger partial charge in [-0.25, -0.2) is 0 Å². The molecule has 1 fully saturated rings. The third-order valence-electron chi connectivity index (χ3n) is 3.41. The van der Waals surface area contributed by atoms with Crippen LogP contribution in [0.5, 0.6) is 5.75 Å². The molecule has 1 saturated heterocycles. The van der Waals surface area contributed by atoms with E-state index in [4.69, 9.17) is 10.5 Å². The first kappa shape index (κ1) is 15.0. The van der Waals surface area contributed by atoms with Gasteiger partial charge in [0.2, 0.25) is 5.91 Å². The molecule has 0 aliphatic carbocycles. The molecule has 0 aromatic heterocycles. The van der Waals surface area contributed by atoms with Crippen molar-refractivity contribution in [1.82, 2.24) is 5.32 Å². The van der Waals surface area contributed by atoms with E-state index in [0.29, 0.717) is 24.6 Å². The predicted octanol–water partition coefficient (Wildman–Crippen LogP) is 2.30. The van der Waals surface area contributed by atoms with Gasteiger partial charge in [-0.1, -0.05) is 0 Å².